The average molecular weight is 291 g/mol. The Kier molecular flexibility index (Phi) is 3.72. The van der Waals surface area contributed by atoms with Gasteiger partial charge >= 0.3 is 0 Å². The highest BCUT2D eigenvalue weighted by Gasteiger charge is 2.51. The van der Waals surface area contributed by atoms with Crippen molar-refractivity contribution in [2.45, 2.75) is 57.8 Å². The van der Waals surface area contributed by atoms with E-state index in [2.05, 4.69) is 5.32 Å². The Morgan fingerprint density at radius 1 is 1.10 bits per heavy atom. The summed E-state index contributed by atoms with van der Waals surface area (Å²) in [4.78, 5) is 12.4. The number of carbonyl (C=O) groups is 1. The summed E-state index contributed by atoms with van der Waals surface area (Å²) < 4.78 is 5.39. The summed E-state index contributed by atoms with van der Waals surface area (Å²) in [6.45, 7) is 2.65. The van der Waals surface area contributed by atoms with Crippen LogP contribution in [0.15, 0.2) is 0 Å². The van der Waals surface area contributed by atoms with E-state index in [9.17, 15) is 4.79 Å². The molecule has 0 spiro atoms. The van der Waals surface area contributed by atoms with Crippen LogP contribution >= 0.6 is 0 Å². The van der Waals surface area contributed by atoms with Gasteiger partial charge in [0.1, 0.15) is 0 Å². The molecule has 0 aromatic heterocycles. The Balaban J connectivity index is 1.26. The number of hydrogen-bond donors (Lipinski definition) is 1. The van der Waals surface area contributed by atoms with Gasteiger partial charge in [-0.15, -0.1) is 0 Å². The van der Waals surface area contributed by atoms with Crippen LogP contribution in [0.5, 0.6) is 0 Å². The fourth-order valence-electron chi connectivity index (χ4n) is 6.14. The molecular formula is C18H29NO2. The number of amides is 1. The molecule has 0 radical (unpaired) electrons. The van der Waals surface area contributed by atoms with Gasteiger partial charge in [-0.25, -0.2) is 0 Å². The lowest BCUT2D eigenvalue weighted by molar-refractivity contribution is -0.129. The van der Waals surface area contributed by atoms with Crippen molar-refractivity contribution >= 4 is 5.91 Å². The first kappa shape index (κ1) is 14.0. The van der Waals surface area contributed by atoms with Crippen LogP contribution in [0.2, 0.25) is 0 Å². The molecule has 4 saturated carbocycles. The van der Waals surface area contributed by atoms with Gasteiger partial charge in [-0.05, 0) is 80.5 Å². The van der Waals surface area contributed by atoms with Crippen molar-refractivity contribution in [3.63, 3.8) is 0 Å². The second kappa shape index (κ2) is 5.57. The lowest BCUT2D eigenvalue weighted by Crippen LogP contribution is -2.48. The topological polar surface area (TPSA) is 38.3 Å². The second-order valence-electron chi connectivity index (χ2n) is 8.46. The first-order valence-corrected chi connectivity index (χ1v) is 9.05. The van der Waals surface area contributed by atoms with Crippen LogP contribution in [0.4, 0.5) is 0 Å². The van der Waals surface area contributed by atoms with Gasteiger partial charge in [-0.3, -0.25) is 4.79 Å². The zero-order valence-electron chi connectivity index (χ0n) is 13.1. The average Bonchev–Trinajstić information content (AvgIpc) is 2.89. The van der Waals surface area contributed by atoms with Crippen LogP contribution in [-0.4, -0.2) is 25.7 Å². The summed E-state index contributed by atoms with van der Waals surface area (Å²) >= 11 is 0. The van der Waals surface area contributed by atoms with Gasteiger partial charge in [-0.1, -0.05) is 0 Å². The Morgan fingerprint density at radius 3 is 2.33 bits per heavy atom. The molecule has 1 aliphatic heterocycles. The lowest BCUT2D eigenvalue weighted by atomic mass is 9.49. The predicted octanol–water partition coefficient (Wildman–Crippen LogP) is 3.14. The molecular weight excluding hydrogens is 262 g/mol. The molecule has 21 heavy (non-hydrogen) atoms. The van der Waals surface area contributed by atoms with Crippen molar-refractivity contribution in [3.8, 4) is 0 Å². The van der Waals surface area contributed by atoms with E-state index < -0.39 is 0 Å². The molecule has 1 heterocycles. The fraction of sp³-hybridized carbons (Fsp3) is 0.944. The highest BCUT2D eigenvalue weighted by molar-refractivity contribution is 5.76. The standard InChI is InChI=1S/C18H29NO2/c20-17(19-3-1-13-2-4-21-12-13)11-18-8-14-5-15(9-18)7-16(6-14)10-18/h13-16H,1-12H2,(H,19,20). The quantitative estimate of drug-likeness (QED) is 0.845. The SMILES string of the molecule is O=C(CC12CC3CC(CC(C3)C1)C2)NCCC1CCOC1. The van der Waals surface area contributed by atoms with Crippen LogP contribution in [0.3, 0.4) is 0 Å². The van der Waals surface area contributed by atoms with E-state index in [1.54, 1.807) is 0 Å². The van der Waals surface area contributed by atoms with Crippen molar-refractivity contribution in [2.24, 2.45) is 29.1 Å². The molecule has 0 aromatic carbocycles. The third-order valence-corrected chi connectivity index (χ3v) is 6.60. The molecule has 1 N–H and O–H groups in total. The van der Waals surface area contributed by atoms with E-state index in [0.717, 1.165) is 50.4 Å². The molecule has 5 aliphatic rings. The predicted molar refractivity (Wildman–Crippen MR) is 81.8 cm³/mol. The minimum atomic E-state index is 0.316. The third-order valence-electron chi connectivity index (χ3n) is 6.60. The Hall–Kier alpha value is -0.570. The maximum absolute atomic E-state index is 12.4. The molecule has 1 unspecified atom stereocenters. The van der Waals surface area contributed by atoms with E-state index in [0.29, 0.717) is 17.2 Å². The number of nitrogens with one attached hydrogen (secondary N) is 1. The molecule has 5 fully saturated rings. The maximum atomic E-state index is 12.4. The highest BCUT2D eigenvalue weighted by atomic mass is 16.5. The summed E-state index contributed by atoms with van der Waals surface area (Å²) in [5.74, 6) is 3.82. The van der Waals surface area contributed by atoms with E-state index in [1.807, 2.05) is 0 Å². The molecule has 1 amide bonds. The van der Waals surface area contributed by atoms with Crippen molar-refractivity contribution in [1.82, 2.24) is 5.32 Å². The molecule has 118 valence electrons. The zero-order chi connectivity index (χ0) is 14.3. The largest absolute Gasteiger partial charge is 0.381 e. The van der Waals surface area contributed by atoms with Crippen LogP contribution in [-0.2, 0) is 9.53 Å². The normalized spacial score (nSPS) is 44.2. The molecule has 4 bridgehead atoms. The fourth-order valence-corrected chi connectivity index (χ4v) is 6.14. The van der Waals surface area contributed by atoms with Crippen LogP contribution in [0.25, 0.3) is 0 Å². The van der Waals surface area contributed by atoms with E-state index in [1.165, 1.54) is 44.9 Å². The van der Waals surface area contributed by atoms with Crippen LogP contribution in [0, 0.1) is 29.1 Å². The molecule has 3 nitrogen and oxygen atoms in total. The minimum Gasteiger partial charge on any atom is -0.381 e. The second-order valence-corrected chi connectivity index (χ2v) is 8.46. The van der Waals surface area contributed by atoms with E-state index in [4.69, 9.17) is 4.74 Å². The number of hydrogen-bond acceptors (Lipinski definition) is 2. The third kappa shape index (κ3) is 2.99. The van der Waals surface area contributed by atoms with Crippen molar-refractivity contribution in [1.29, 1.82) is 0 Å². The lowest BCUT2D eigenvalue weighted by Gasteiger charge is -2.56. The minimum absolute atomic E-state index is 0.316. The summed E-state index contributed by atoms with van der Waals surface area (Å²) in [7, 11) is 0. The van der Waals surface area contributed by atoms with Crippen molar-refractivity contribution < 1.29 is 9.53 Å². The summed E-state index contributed by atoms with van der Waals surface area (Å²) in [6, 6.07) is 0. The smallest absolute Gasteiger partial charge is 0.220 e. The van der Waals surface area contributed by atoms with E-state index >= 15 is 0 Å². The first-order valence-electron chi connectivity index (χ1n) is 9.05. The maximum Gasteiger partial charge on any atom is 0.220 e. The van der Waals surface area contributed by atoms with Gasteiger partial charge in [0.15, 0.2) is 0 Å². The van der Waals surface area contributed by atoms with Crippen molar-refractivity contribution in [3.05, 3.63) is 0 Å². The Labute approximate surface area is 128 Å². The number of rotatable bonds is 5. The first-order chi connectivity index (χ1) is 10.2. The van der Waals surface area contributed by atoms with Gasteiger partial charge in [-0.2, -0.15) is 0 Å². The molecule has 3 heteroatoms. The van der Waals surface area contributed by atoms with Gasteiger partial charge < -0.3 is 10.1 Å². The van der Waals surface area contributed by atoms with Gasteiger partial charge in [0, 0.05) is 26.2 Å². The number of ether oxygens (including phenoxy) is 1. The number of carbonyl (C=O) groups excluding carboxylic acids is 1. The summed E-state index contributed by atoms with van der Waals surface area (Å²) in [6.07, 6.45) is 11.5. The van der Waals surface area contributed by atoms with Crippen LogP contribution in [0.1, 0.15) is 57.8 Å². The van der Waals surface area contributed by atoms with Gasteiger partial charge in [0.25, 0.3) is 0 Å². The van der Waals surface area contributed by atoms with Gasteiger partial charge in [0.2, 0.25) is 5.91 Å². The van der Waals surface area contributed by atoms with E-state index in [-0.39, 0.29) is 0 Å². The Bertz CT molecular complexity index is 365. The monoisotopic (exact) mass is 291 g/mol. The summed E-state index contributed by atoms with van der Waals surface area (Å²) in [5.41, 5.74) is 0.384. The summed E-state index contributed by atoms with van der Waals surface area (Å²) in [5, 5.41) is 3.19. The zero-order valence-corrected chi connectivity index (χ0v) is 13.1. The highest BCUT2D eigenvalue weighted by Crippen LogP contribution is 2.61. The Morgan fingerprint density at radius 2 is 1.76 bits per heavy atom. The molecule has 0 aromatic rings. The molecule has 1 atom stereocenters. The van der Waals surface area contributed by atoms with Gasteiger partial charge in [0.05, 0.1) is 0 Å². The van der Waals surface area contributed by atoms with Crippen LogP contribution < -0.4 is 5.32 Å². The molecule has 5 rings (SSSR count). The molecule has 1 saturated heterocycles. The van der Waals surface area contributed by atoms with Crippen molar-refractivity contribution in [2.75, 3.05) is 19.8 Å². The molecule has 4 aliphatic carbocycles.